The van der Waals surface area contributed by atoms with Crippen LogP contribution in [0.2, 0.25) is 0 Å². The fourth-order valence-corrected chi connectivity index (χ4v) is 2.44. The molecule has 2 rings (SSSR count). The molecule has 1 fully saturated rings. The second kappa shape index (κ2) is 6.06. The molecule has 0 aliphatic heterocycles. The van der Waals surface area contributed by atoms with E-state index in [-0.39, 0.29) is 6.04 Å². The molecule has 0 bridgehead atoms. The Hall–Kier alpha value is -1.02. The van der Waals surface area contributed by atoms with E-state index in [0.29, 0.717) is 0 Å². The highest BCUT2D eigenvalue weighted by Crippen LogP contribution is 2.25. The standard InChI is InChI=1S/C15H23NO/c1-12(16)14-7-9-15(10-8-14)17-11-13-5-3-2-4-6-13/h7-10,12-13H,2-6,11,16H2,1H3/t12-/m1/s1. The van der Waals surface area contributed by atoms with Crippen molar-refractivity contribution in [3.63, 3.8) is 0 Å². The van der Waals surface area contributed by atoms with E-state index in [0.717, 1.165) is 23.8 Å². The maximum Gasteiger partial charge on any atom is 0.119 e. The van der Waals surface area contributed by atoms with Gasteiger partial charge in [0.05, 0.1) is 6.61 Å². The molecule has 2 N–H and O–H groups in total. The smallest absolute Gasteiger partial charge is 0.119 e. The lowest BCUT2D eigenvalue weighted by Gasteiger charge is -2.21. The van der Waals surface area contributed by atoms with Crippen LogP contribution in [0.15, 0.2) is 24.3 Å². The molecule has 2 heteroatoms. The van der Waals surface area contributed by atoms with Crippen LogP contribution in [0, 0.1) is 5.92 Å². The van der Waals surface area contributed by atoms with Crippen LogP contribution in [0.4, 0.5) is 0 Å². The fraction of sp³-hybridized carbons (Fsp3) is 0.600. The molecule has 17 heavy (non-hydrogen) atoms. The van der Waals surface area contributed by atoms with Crippen molar-refractivity contribution in [2.75, 3.05) is 6.61 Å². The average Bonchev–Trinajstić information content (AvgIpc) is 2.38. The minimum Gasteiger partial charge on any atom is -0.493 e. The third-order valence-corrected chi connectivity index (χ3v) is 3.62. The number of hydrogen-bond donors (Lipinski definition) is 1. The molecule has 0 radical (unpaired) electrons. The SMILES string of the molecule is C[C@@H](N)c1ccc(OCC2CCCCC2)cc1. The summed E-state index contributed by atoms with van der Waals surface area (Å²) < 4.78 is 5.84. The first-order valence-electron chi connectivity index (χ1n) is 6.74. The van der Waals surface area contributed by atoms with Gasteiger partial charge in [-0.3, -0.25) is 0 Å². The van der Waals surface area contributed by atoms with E-state index in [1.807, 2.05) is 19.1 Å². The number of rotatable bonds is 4. The van der Waals surface area contributed by atoms with Gasteiger partial charge in [-0.1, -0.05) is 31.4 Å². The van der Waals surface area contributed by atoms with Crippen molar-refractivity contribution in [3.05, 3.63) is 29.8 Å². The Bertz CT molecular complexity index is 325. The van der Waals surface area contributed by atoms with Gasteiger partial charge in [0.25, 0.3) is 0 Å². The van der Waals surface area contributed by atoms with Gasteiger partial charge in [-0.15, -0.1) is 0 Å². The Kier molecular flexibility index (Phi) is 4.43. The summed E-state index contributed by atoms with van der Waals surface area (Å²) in [5.41, 5.74) is 6.98. The second-order valence-corrected chi connectivity index (χ2v) is 5.17. The average molecular weight is 233 g/mol. The van der Waals surface area contributed by atoms with E-state index < -0.39 is 0 Å². The molecule has 94 valence electrons. The van der Waals surface area contributed by atoms with Crippen molar-refractivity contribution in [1.82, 2.24) is 0 Å². The molecule has 1 saturated carbocycles. The van der Waals surface area contributed by atoms with Crippen LogP contribution in [0.25, 0.3) is 0 Å². The van der Waals surface area contributed by atoms with Gasteiger partial charge in [0.1, 0.15) is 5.75 Å². The molecule has 2 nitrogen and oxygen atoms in total. The summed E-state index contributed by atoms with van der Waals surface area (Å²) in [7, 11) is 0. The normalized spacial score (nSPS) is 18.9. The molecular formula is C15H23NO. The van der Waals surface area contributed by atoms with Crippen molar-refractivity contribution in [2.24, 2.45) is 11.7 Å². The monoisotopic (exact) mass is 233 g/mol. The van der Waals surface area contributed by atoms with Crippen LogP contribution in [-0.2, 0) is 0 Å². The Morgan fingerprint density at radius 1 is 1.18 bits per heavy atom. The van der Waals surface area contributed by atoms with Gasteiger partial charge in [-0.2, -0.15) is 0 Å². The molecule has 1 aliphatic rings. The van der Waals surface area contributed by atoms with E-state index in [9.17, 15) is 0 Å². The van der Waals surface area contributed by atoms with Crippen LogP contribution in [-0.4, -0.2) is 6.61 Å². The Labute approximate surface area is 104 Å². The largest absolute Gasteiger partial charge is 0.493 e. The zero-order valence-electron chi connectivity index (χ0n) is 10.7. The summed E-state index contributed by atoms with van der Waals surface area (Å²) in [6.07, 6.45) is 6.81. The highest BCUT2D eigenvalue weighted by molar-refractivity contribution is 5.28. The minimum absolute atomic E-state index is 0.0994. The van der Waals surface area contributed by atoms with Crippen molar-refractivity contribution >= 4 is 0 Å². The van der Waals surface area contributed by atoms with Crippen LogP contribution < -0.4 is 10.5 Å². The van der Waals surface area contributed by atoms with Crippen molar-refractivity contribution < 1.29 is 4.74 Å². The van der Waals surface area contributed by atoms with E-state index in [1.165, 1.54) is 32.1 Å². The summed E-state index contributed by atoms with van der Waals surface area (Å²) in [6.45, 7) is 2.87. The van der Waals surface area contributed by atoms with Crippen molar-refractivity contribution in [2.45, 2.75) is 45.1 Å². The molecule has 0 saturated heterocycles. The molecule has 0 aromatic heterocycles. The number of benzene rings is 1. The van der Waals surface area contributed by atoms with Crippen molar-refractivity contribution in [3.8, 4) is 5.75 Å². The quantitative estimate of drug-likeness (QED) is 0.861. The summed E-state index contributed by atoms with van der Waals surface area (Å²) in [5.74, 6) is 1.73. The highest BCUT2D eigenvalue weighted by atomic mass is 16.5. The first kappa shape index (κ1) is 12.4. The summed E-state index contributed by atoms with van der Waals surface area (Å²) in [5, 5.41) is 0. The van der Waals surface area contributed by atoms with E-state index in [2.05, 4.69) is 12.1 Å². The van der Waals surface area contributed by atoms with Crippen LogP contribution >= 0.6 is 0 Å². The lowest BCUT2D eigenvalue weighted by molar-refractivity contribution is 0.209. The van der Waals surface area contributed by atoms with E-state index in [1.54, 1.807) is 0 Å². The summed E-state index contributed by atoms with van der Waals surface area (Å²) >= 11 is 0. The molecule has 1 aromatic carbocycles. The van der Waals surface area contributed by atoms with Crippen LogP contribution in [0.5, 0.6) is 5.75 Å². The minimum atomic E-state index is 0.0994. The Morgan fingerprint density at radius 2 is 1.82 bits per heavy atom. The fourth-order valence-electron chi connectivity index (χ4n) is 2.44. The first-order chi connectivity index (χ1) is 8.25. The number of ether oxygens (including phenoxy) is 1. The molecule has 0 amide bonds. The molecule has 1 aliphatic carbocycles. The predicted molar refractivity (Wildman–Crippen MR) is 71.1 cm³/mol. The van der Waals surface area contributed by atoms with E-state index in [4.69, 9.17) is 10.5 Å². The number of hydrogen-bond acceptors (Lipinski definition) is 2. The molecule has 0 heterocycles. The van der Waals surface area contributed by atoms with Crippen molar-refractivity contribution in [1.29, 1.82) is 0 Å². The summed E-state index contributed by atoms with van der Waals surface area (Å²) in [6, 6.07) is 8.27. The lowest BCUT2D eigenvalue weighted by atomic mass is 9.90. The summed E-state index contributed by atoms with van der Waals surface area (Å²) in [4.78, 5) is 0. The highest BCUT2D eigenvalue weighted by Gasteiger charge is 2.13. The number of nitrogens with two attached hydrogens (primary N) is 1. The maximum absolute atomic E-state index is 5.84. The van der Waals surface area contributed by atoms with Gasteiger partial charge in [-0.05, 0) is 43.4 Å². The topological polar surface area (TPSA) is 35.2 Å². The maximum atomic E-state index is 5.84. The second-order valence-electron chi connectivity index (χ2n) is 5.17. The van der Waals surface area contributed by atoms with Gasteiger partial charge in [0, 0.05) is 6.04 Å². The van der Waals surface area contributed by atoms with Gasteiger partial charge < -0.3 is 10.5 Å². The zero-order valence-corrected chi connectivity index (χ0v) is 10.7. The third kappa shape index (κ3) is 3.74. The molecular weight excluding hydrogens is 210 g/mol. The van der Waals surface area contributed by atoms with Crippen LogP contribution in [0.3, 0.4) is 0 Å². The zero-order chi connectivity index (χ0) is 12.1. The molecule has 0 spiro atoms. The van der Waals surface area contributed by atoms with E-state index >= 15 is 0 Å². The molecule has 1 aromatic rings. The van der Waals surface area contributed by atoms with Gasteiger partial charge in [0.2, 0.25) is 0 Å². The predicted octanol–water partition coefficient (Wildman–Crippen LogP) is 3.67. The Morgan fingerprint density at radius 3 is 2.41 bits per heavy atom. The van der Waals surface area contributed by atoms with Crippen LogP contribution in [0.1, 0.15) is 50.6 Å². The molecule has 1 atom stereocenters. The Balaban J connectivity index is 1.82. The lowest BCUT2D eigenvalue weighted by Crippen LogP contribution is -2.15. The molecule has 0 unspecified atom stereocenters. The van der Waals surface area contributed by atoms with Gasteiger partial charge in [-0.25, -0.2) is 0 Å². The van der Waals surface area contributed by atoms with Gasteiger partial charge in [0.15, 0.2) is 0 Å². The van der Waals surface area contributed by atoms with Gasteiger partial charge >= 0.3 is 0 Å². The third-order valence-electron chi connectivity index (χ3n) is 3.62. The first-order valence-corrected chi connectivity index (χ1v) is 6.74.